The Morgan fingerprint density at radius 2 is 1.71 bits per heavy atom. The van der Waals surface area contributed by atoms with Crippen LogP contribution in [0.25, 0.3) is 5.65 Å². The molecule has 162 valence electrons. The zero-order valence-corrected chi connectivity index (χ0v) is 16.7. The number of carbonyl (C=O) groups is 1. The smallest absolute Gasteiger partial charge is 0.331 e. The van der Waals surface area contributed by atoms with Crippen molar-refractivity contribution in [3.63, 3.8) is 0 Å². The highest BCUT2D eigenvalue weighted by Crippen LogP contribution is 2.43. The zero-order chi connectivity index (χ0) is 21.9. The summed E-state index contributed by atoms with van der Waals surface area (Å²) in [4.78, 5) is 19.1. The van der Waals surface area contributed by atoms with Gasteiger partial charge >= 0.3 is 6.18 Å². The van der Waals surface area contributed by atoms with Crippen molar-refractivity contribution in [2.45, 2.75) is 56.8 Å². The fraction of sp³-hybridized carbons (Fsp3) is 0.409. The molecule has 2 aliphatic rings. The molecule has 0 saturated carbocycles. The number of nitrogens with zero attached hydrogens (tertiary/aromatic N) is 4. The third kappa shape index (κ3) is 3.45. The number of carbonyl (C=O) groups excluding carboxylic acids is 1. The van der Waals surface area contributed by atoms with Gasteiger partial charge in [0.1, 0.15) is 11.5 Å². The number of amides is 1. The van der Waals surface area contributed by atoms with Crippen LogP contribution in [0.5, 0.6) is 0 Å². The molecule has 2 aliphatic heterocycles. The average Bonchev–Trinajstić information content (AvgIpc) is 3.24. The van der Waals surface area contributed by atoms with Crippen LogP contribution in [0.3, 0.4) is 0 Å². The summed E-state index contributed by atoms with van der Waals surface area (Å²) in [7, 11) is 0. The maximum Gasteiger partial charge on any atom is 0.433 e. The molecule has 0 spiro atoms. The molecule has 31 heavy (non-hydrogen) atoms. The zero-order valence-electron chi connectivity index (χ0n) is 16.7. The molecule has 4 heterocycles. The predicted octanol–water partition coefficient (Wildman–Crippen LogP) is 4.75. The Kier molecular flexibility index (Phi) is 4.53. The van der Waals surface area contributed by atoms with Crippen LogP contribution in [-0.4, -0.2) is 37.5 Å². The average molecular weight is 432 g/mol. The summed E-state index contributed by atoms with van der Waals surface area (Å²) in [5.41, 5.74) is 0.281. The number of rotatable bonds is 2. The Labute approximate surface area is 175 Å². The first-order chi connectivity index (χ1) is 14.7. The molecule has 2 atom stereocenters. The number of alkyl halides is 3. The summed E-state index contributed by atoms with van der Waals surface area (Å²) in [5, 5.41) is 3.98. The van der Waals surface area contributed by atoms with Crippen LogP contribution in [0.2, 0.25) is 0 Å². The molecule has 1 amide bonds. The van der Waals surface area contributed by atoms with Crippen molar-refractivity contribution in [3.8, 4) is 0 Å². The molecule has 2 bridgehead atoms. The third-order valence-electron chi connectivity index (χ3n) is 6.37. The van der Waals surface area contributed by atoms with Gasteiger partial charge < -0.3 is 4.90 Å². The van der Waals surface area contributed by atoms with E-state index in [1.54, 1.807) is 17.0 Å². The van der Waals surface area contributed by atoms with Crippen molar-refractivity contribution >= 4 is 11.6 Å². The van der Waals surface area contributed by atoms with Crippen molar-refractivity contribution in [1.29, 1.82) is 0 Å². The van der Waals surface area contributed by atoms with Crippen molar-refractivity contribution < 1.29 is 22.4 Å². The lowest BCUT2D eigenvalue weighted by Gasteiger charge is -2.39. The molecule has 2 fully saturated rings. The van der Waals surface area contributed by atoms with E-state index in [2.05, 4.69) is 10.1 Å². The highest BCUT2D eigenvalue weighted by molar-refractivity contribution is 5.94. The topological polar surface area (TPSA) is 50.5 Å². The lowest BCUT2D eigenvalue weighted by atomic mass is 9.85. The summed E-state index contributed by atoms with van der Waals surface area (Å²) in [5.74, 6) is -0.418. The molecule has 5 rings (SSSR count). The highest BCUT2D eigenvalue weighted by Gasteiger charge is 2.44. The van der Waals surface area contributed by atoms with E-state index >= 15 is 0 Å². The van der Waals surface area contributed by atoms with Crippen LogP contribution in [0.1, 0.15) is 59.0 Å². The summed E-state index contributed by atoms with van der Waals surface area (Å²) in [6.45, 7) is 1.48. The van der Waals surface area contributed by atoms with E-state index in [1.807, 2.05) is 0 Å². The van der Waals surface area contributed by atoms with E-state index in [9.17, 15) is 22.4 Å². The second-order valence-electron chi connectivity index (χ2n) is 8.40. The van der Waals surface area contributed by atoms with Crippen molar-refractivity contribution in [2.75, 3.05) is 0 Å². The largest absolute Gasteiger partial charge is 0.433 e. The Morgan fingerprint density at radius 1 is 1.06 bits per heavy atom. The quantitative estimate of drug-likeness (QED) is 0.550. The minimum atomic E-state index is -4.61. The lowest BCUT2D eigenvalue weighted by Crippen LogP contribution is -2.46. The van der Waals surface area contributed by atoms with E-state index in [-0.39, 0.29) is 46.8 Å². The van der Waals surface area contributed by atoms with Crippen LogP contribution < -0.4 is 0 Å². The van der Waals surface area contributed by atoms with Crippen LogP contribution in [0.15, 0.2) is 36.4 Å². The van der Waals surface area contributed by atoms with Crippen molar-refractivity contribution in [3.05, 3.63) is 64.9 Å². The molecule has 0 aliphatic carbocycles. The monoisotopic (exact) mass is 432 g/mol. The minimum Gasteiger partial charge on any atom is -0.331 e. The summed E-state index contributed by atoms with van der Waals surface area (Å²) in [6, 6.07) is 8.68. The van der Waals surface area contributed by atoms with Gasteiger partial charge in [0.05, 0.1) is 0 Å². The van der Waals surface area contributed by atoms with E-state index in [0.717, 1.165) is 37.3 Å². The molecule has 2 aromatic heterocycles. The first-order valence-electron chi connectivity index (χ1n) is 10.2. The Balaban J connectivity index is 1.43. The lowest BCUT2D eigenvalue weighted by molar-refractivity contribution is -0.142. The minimum absolute atomic E-state index is 0.00391. The molecule has 9 heteroatoms. The molecule has 5 nitrogen and oxygen atoms in total. The molecule has 3 aromatic rings. The number of aromatic nitrogens is 3. The van der Waals surface area contributed by atoms with Gasteiger partial charge in [0.15, 0.2) is 11.3 Å². The van der Waals surface area contributed by atoms with Crippen molar-refractivity contribution in [2.24, 2.45) is 0 Å². The Bertz CT molecular complexity index is 1140. The van der Waals surface area contributed by atoms with Gasteiger partial charge in [-0.3, -0.25) is 4.79 Å². The Morgan fingerprint density at radius 3 is 2.32 bits per heavy atom. The maximum atomic E-state index is 13.4. The summed E-state index contributed by atoms with van der Waals surface area (Å²) >= 11 is 0. The van der Waals surface area contributed by atoms with Crippen LogP contribution >= 0.6 is 0 Å². The van der Waals surface area contributed by atoms with Gasteiger partial charge in [0, 0.05) is 23.8 Å². The molecule has 2 unspecified atom stereocenters. The second-order valence-corrected chi connectivity index (χ2v) is 8.40. The van der Waals surface area contributed by atoms with Gasteiger partial charge in [-0.2, -0.15) is 18.3 Å². The van der Waals surface area contributed by atoms with E-state index in [1.165, 1.54) is 25.1 Å². The molecular weight excluding hydrogens is 412 g/mol. The standard InChI is InChI=1S/C22H20F4N4O/c1-12-8-19(22(24,25)26)30-20(27-12)11-18(28-30)21(31)29-16-6-7-17(29)10-14(9-16)13-2-4-15(23)5-3-13/h2-5,8,11,14,16-17H,6-7,9-10H2,1H3. The SMILES string of the molecule is Cc1cc(C(F)(F)F)n2nc(C(=O)N3C4CCC3CC(c3ccc(F)cc3)C4)cc2n1. The van der Waals surface area contributed by atoms with Crippen molar-refractivity contribution in [1.82, 2.24) is 19.5 Å². The fourth-order valence-electron chi connectivity index (χ4n) is 5.05. The summed E-state index contributed by atoms with van der Waals surface area (Å²) < 4.78 is 54.2. The van der Waals surface area contributed by atoms with E-state index in [0.29, 0.717) is 4.52 Å². The fourth-order valence-corrected chi connectivity index (χ4v) is 5.05. The van der Waals surface area contributed by atoms with E-state index in [4.69, 9.17) is 0 Å². The maximum absolute atomic E-state index is 13.4. The van der Waals surface area contributed by atoms with E-state index < -0.39 is 11.9 Å². The van der Waals surface area contributed by atoms with Crippen LogP contribution in [0.4, 0.5) is 17.6 Å². The summed E-state index contributed by atoms with van der Waals surface area (Å²) in [6.07, 6.45) is -1.44. The van der Waals surface area contributed by atoms with Gasteiger partial charge in [-0.05, 0) is 62.3 Å². The number of benzene rings is 1. The number of halogens is 4. The van der Waals surface area contributed by atoms with Gasteiger partial charge in [0.25, 0.3) is 5.91 Å². The molecule has 1 aromatic carbocycles. The number of hydrogen-bond acceptors (Lipinski definition) is 3. The predicted molar refractivity (Wildman–Crippen MR) is 104 cm³/mol. The van der Waals surface area contributed by atoms with Gasteiger partial charge in [0.2, 0.25) is 0 Å². The first kappa shape index (κ1) is 20.0. The number of hydrogen-bond donors (Lipinski definition) is 0. The number of piperidine rings is 1. The van der Waals surface area contributed by atoms with Gasteiger partial charge in [-0.25, -0.2) is 13.9 Å². The normalized spacial score (nSPS) is 23.5. The van der Waals surface area contributed by atoms with Gasteiger partial charge in [-0.15, -0.1) is 0 Å². The van der Waals surface area contributed by atoms with Crippen LogP contribution in [0, 0.1) is 12.7 Å². The molecule has 0 N–H and O–H groups in total. The van der Waals surface area contributed by atoms with Gasteiger partial charge in [-0.1, -0.05) is 12.1 Å². The Hall–Kier alpha value is -2.97. The molecule has 2 saturated heterocycles. The molecule has 0 radical (unpaired) electrons. The second kappa shape index (κ2) is 7.03. The van der Waals surface area contributed by atoms with Crippen LogP contribution in [-0.2, 0) is 6.18 Å². The third-order valence-corrected chi connectivity index (χ3v) is 6.37. The molecular formula is C22H20F4N4O. The number of aryl methyl sites for hydroxylation is 1. The highest BCUT2D eigenvalue weighted by atomic mass is 19.4. The number of fused-ring (bicyclic) bond motifs is 3. The first-order valence-corrected chi connectivity index (χ1v) is 10.2.